The van der Waals surface area contributed by atoms with Crippen molar-refractivity contribution in [3.63, 3.8) is 0 Å². The molecule has 0 aromatic carbocycles. The minimum atomic E-state index is -1.87. The highest BCUT2D eigenvalue weighted by atomic mass is 16.7. The number of hydrogen-bond donors (Lipinski definition) is 9. The first-order valence-electron chi connectivity index (χ1n) is 20.2. The molecule has 2 aliphatic rings. The van der Waals surface area contributed by atoms with Crippen molar-refractivity contribution in [2.45, 2.75) is 203 Å². The summed E-state index contributed by atoms with van der Waals surface area (Å²) in [6, 6.07) is 0. The van der Waals surface area contributed by atoms with Crippen LogP contribution in [-0.2, 0) is 42.8 Å². The number of carbonyl (C=O) groups is 3. The highest BCUT2D eigenvalue weighted by molar-refractivity contribution is 5.71. The Bertz CT molecular complexity index is 1100. The average Bonchev–Trinajstić information content (AvgIpc) is 3.15. The van der Waals surface area contributed by atoms with Crippen molar-refractivity contribution in [1.82, 2.24) is 0 Å². The van der Waals surface area contributed by atoms with Crippen LogP contribution in [0, 0.1) is 0 Å². The third-order valence-corrected chi connectivity index (χ3v) is 10.0. The van der Waals surface area contributed by atoms with Crippen LogP contribution in [-0.4, -0.2) is 163 Å². The third-order valence-electron chi connectivity index (χ3n) is 10.0. The summed E-state index contributed by atoms with van der Waals surface area (Å²) in [6.07, 6.45) is -7.02. The molecule has 0 radical (unpaired) electrons. The lowest BCUT2D eigenvalue weighted by Crippen LogP contribution is -2.65. The van der Waals surface area contributed by atoms with E-state index in [9.17, 15) is 55.2 Å². The second-order valence-corrected chi connectivity index (χ2v) is 14.9. The number of rotatable bonds is 29. The maximum Gasteiger partial charge on any atom is 0.332 e. The molecular formula is C38H68O18. The van der Waals surface area contributed by atoms with E-state index < -0.39 is 117 Å². The standard InChI is InChI=1S/C38H68O18/c1-3-4-13-16-24(41)19-29(44)55-35-30(45)27(20-39)53-38(33(35)48)56-34-28(22-51-23(2)40)54-37(32(47)31(34)46)52-21-25(42)17-14-11-9-7-5-6-8-10-12-15-18-26(43)36(49)50/h24-28,30-35,37-39,41-43,45-48H,3-22H2,1-2H3,(H,49,50)/t24?,25?,26?,27-,28-,30-,31-,32-,33-,34-,35+,37-,38+/m1/s1. The fourth-order valence-electron chi connectivity index (χ4n) is 6.67. The highest BCUT2D eigenvalue weighted by Crippen LogP contribution is 2.31. The second kappa shape index (κ2) is 27.6. The summed E-state index contributed by atoms with van der Waals surface area (Å²) >= 11 is 0. The van der Waals surface area contributed by atoms with Crippen LogP contribution >= 0.6 is 0 Å². The Balaban J connectivity index is 1.86. The molecule has 0 aromatic heterocycles. The molecule has 2 rings (SSSR count). The van der Waals surface area contributed by atoms with Gasteiger partial charge in [-0.2, -0.15) is 0 Å². The Morgan fingerprint density at radius 2 is 1.21 bits per heavy atom. The maximum absolute atomic E-state index is 12.6. The lowest BCUT2D eigenvalue weighted by atomic mass is 9.96. The van der Waals surface area contributed by atoms with Gasteiger partial charge in [-0.25, -0.2) is 4.79 Å². The topological polar surface area (TPSA) is 289 Å². The quantitative estimate of drug-likeness (QED) is 0.0369. The van der Waals surface area contributed by atoms with E-state index in [0.29, 0.717) is 25.7 Å². The van der Waals surface area contributed by atoms with Gasteiger partial charge in [-0.3, -0.25) is 9.59 Å². The zero-order chi connectivity index (χ0) is 41.6. The SMILES string of the molecule is CCCCCC(O)CC(=O)O[C@@H]1[C@@H](O)[C@H](O[C@H]2[C@H](O)[C@@H](O)[C@H](OCC(O)CCCCCCCCCCCCC(O)C(=O)O)O[C@@H]2COC(C)=O)O[C@H](CO)[C@H]1O. The first-order valence-corrected chi connectivity index (χ1v) is 20.2. The van der Waals surface area contributed by atoms with Gasteiger partial charge in [-0.15, -0.1) is 0 Å². The van der Waals surface area contributed by atoms with Crippen LogP contribution in [0.1, 0.15) is 123 Å². The lowest BCUT2D eigenvalue weighted by molar-refractivity contribution is -0.360. The summed E-state index contributed by atoms with van der Waals surface area (Å²) in [6.45, 7) is 1.61. The number of aliphatic carboxylic acids is 1. The van der Waals surface area contributed by atoms with Crippen LogP contribution in [0.15, 0.2) is 0 Å². The molecule has 0 aromatic rings. The van der Waals surface area contributed by atoms with Gasteiger partial charge in [0.15, 0.2) is 24.8 Å². The van der Waals surface area contributed by atoms with E-state index >= 15 is 0 Å². The first-order chi connectivity index (χ1) is 26.7. The van der Waals surface area contributed by atoms with Crippen molar-refractivity contribution >= 4 is 17.9 Å². The molecule has 9 N–H and O–H groups in total. The van der Waals surface area contributed by atoms with E-state index in [4.69, 9.17) is 33.5 Å². The number of hydrogen-bond acceptors (Lipinski definition) is 17. The van der Waals surface area contributed by atoms with Crippen LogP contribution in [0.3, 0.4) is 0 Å². The molecule has 56 heavy (non-hydrogen) atoms. The molecule has 13 atom stereocenters. The minimum Gasteiger partial charge on any atom is -0.479 e. The van der Waals surface area contributed by atoms with E-state index in [-0.39, 0.29) is 13.0 Å². The largest absolute Gasteiger partial charge is 0.479 e. The number of aliphatic hydroxyl groups is 8. The molecule has 0 amide bonds. The van der Waals surface area contributed by atoms with Crippen molar-refractivity contribution in [2.24, 2.45) is 0 Å². The molecule has 2 heterocycles. The normalized spacial score (nSPS) is 29.7. The summed E-state index contributed by atoms with van der Waals surface area (Å²) < 4.78 is 33.2. The molecule has 2 saturated heterocycles. The van der Waals surface area contributed by atoms with Crippen molar-refractivity contribution < 1.29 is 88.8 Å². The Labute approximate surface area is 329 Å². The molecule has 0 saturated carbocycles. The molecule has 2 aliphatic heterocycles. The molecule has 0 spiro atoms. The van der Waals surface area contributed by atoms with Gasteiger partial charge < -0.3 is 74.4 Å². The highest BCUT2D eigenvalue weighted by Gasteiger charge is 2.52. The van der Waals surface area contributed by atoms with Crippen LogP contribution in [0.4, 0.5) is 0 Å². The number of aliphatic hydroxyl groups excluding tert-OH is 8. The Morgan fingerprint density at radius 3 is 1.79 bits per heavy atom. The van der Waals surface area contributed by atoms with Gasteiger partial charge in [0.05, 0.1) is 31.8 Å². The molecule has 2 fully saturated rings. The van der Waals surface area contributed by atoms with Gasteiger partial charge in [-0.05, 0) is 19.3 Å². The van der Waals surface area contributed by atoms with E-state index in [0.717, 1.165) is 77.6 Å². The lowest BCUT2D eigenvalue weighted by Gasteiger charge is -2.46. The molecular weight excluding hydrogens is 744 g/mol. The number of carbonyl (C=O) groups excluding carboxylic acids is 2. The van der Waals surface area contributed by atoms with E-state index in [2.05, 4.69) is 0 Å². The van der Waals surface area contributed by atoms with Crippen LogP contribution < -0.4 is 0 Å². The molecule has 18 heteroatoms. The number of carboxylic acids is 1. The number of esters is 2. The summed E-state index contributed by atoms with van der Waals surface area (Å²) in [5.74, 6) is -2.81. The van der Waals surface area contributed by atoms with Gasteiger partial charge in [0.1, 0.15) is 49.3 Å². The minimum absolute atomic E-state index is 0.245. The first kappa shape index (κ1) is 50.1. The molecule has 0 aliphatic carbocycles. The monoisotopic (exact) mass is 812 g/mol. The summed E-state index contributed by atoms with van der Waals surface area (Å²) in [5.41, 5.74) is 0. The summed E-state index contributed by atoms with van der Waals surface area (Å²) in [4.78, 5) is 34.9. The smallest absolute Gasteiger partial charge is 0.332 e. The van der Waals surface area contributed by atoms with Crippen molar-refractivity contribution in [3.8, 4) is 0 Å². The number of ether oxygens (including phenoxy) is 6. The van der Waals surface area contributed by atoms with Gasteiger partial charge in [-0.1, -0.05) is 90.4 Å². The van der Waals surface area contributed by atoms with Gasteiger partial charge in [0.2, 0.25) is 0 Å². The summed E-state index contributed by atoms with van der Waals surface area (Å²) in [5, 5.41) is 92.4. The summed E-state index contributed by atoms with van der Waals surface area (Å²) in [7, 11) is 0. The van der Waals surface area contributed by atoms with Crippen molar-refractivity contribution in [3.05, 3.63) is 0 Å². The number of unbranched alkanes of at least 4 members (excludes halogenated alkanes) is 11. The maximum atomic E-state index is 12.6. The van der Waals surface area contributed by atoms with E-state index in [1.54, 1.807) is 0 Å². The van der Waals surface area contributed by atoms with Gasteiger partial charge >= 0.3 is 17.9 Å². The predicted octanol–water partition coefficient (Wildman–Crippen LogP) is 0.568. The predicted molar refractivity (Wildman–Crippen MR) is 196 cm³/mol. The fourth-order valence-corrected chi connectivity index (χ4v) is 6.67. The average molecular weight is 813 g/mol. The van der Waals surface area contributed by atoms with Gasteiger partial charge in [0.25, 0.3) is 0 Å². The van der Waals surface area contributed by atoms with Crippen LogP contribution in [0.5, 0.6) is 0 Å². The third kappa shape index (κ3) is 18.2. The van der Waals surface area contributed by atoms with Gasteiger partial charge in [0, 0.05) is 6.92 Å². The number of carboxylic acid groups (broad SMARTS) is 1. The Hall–Kier alpha value is -2.07. The molecule has 0 bridgehead atoms. The van der Waals surface area contributed by atoms with Crippen molar-refractivity contribution in [2.75, 3.05) is 19.8 Å². The zero-order valence-corrected chi connectivity index (χ0v) is 32.8. The Kier molecular flexibility index (Phi) is 24.7. The zero-order valence-electron chi connectivity index (χ0n) is 32.8. The fraction of sp³-hybridized carbons (Fsp3) is 0.921. The second-order valence-electron chi connectivity index (χ2n) is 14.9. The van der Waals surface area contributed by atoms with Crippen molar-refractivity contribution in [1.29, 1.82) is 0 Å². The molecule has 3 unspecified atom stereocenters. The van der Waals surface area contributed by atoms with Crippen LogP contribution in [0.2, 0.25) is 0 Å². The van der Waals surface area contributed by atoms with E-state index in [1.165, 1.54) is 0 Å². The van der Waals surface area contributed by atoms with Crippen LogP contribution in [0.25, 0.3) is 0 Å². The molecule has 328 valence electrons. The molecule has 18 nitrogen and oxygen atoms in total. The van der Waals surface area contributed by atoms with E-state index in [1.807, 2.05) is 6.92 Å². The Morgan fingerprint density at radius 1 is 0.661 bits per heavy atom.